The third kappa shape index (κ3) is 2.04. The Hall–Kier alpha value is -1.09. The monoisotopic (exact) mass is 282 g/mol. The first-order chi connectivity index (χ1) is 9.01. The van der Waals surface area contributed by atoms with E-state index in [2.05, 4.69) is 0 Å². The molecule has 4 heteroatoms. The Bertz CT molecular complexity index is 531. The first kappa shape index (κ1) is 12.9. The summed E-state index contributed by atoms with van der Waals surface area (Å²) in [6, 6.07) is 4.62. The van der Waals surface area contributed by atoms with Crippen molar-refractivity contribution in [2.75, 3.05) is 0 Å². The summed E-state index contributed by atoms with van der Waals surface area (Å²) in [5, 5.41) is 9.74. The zero-order valence-corrected chi connectivity index (χ0v) is 11.3. The second-order valence-corrected chi connectivity index (χ2v) is 6.37. The number of fused-ring (bicyclic) bond motifs is 2. The van der Waals surface area contributed by atoms with E-state index in [1.165, 1.54) is 12.1 Å². The number of hydrogen-bond donors (Lipinski definition) is 1. The van der Waals surface area contributed by atoms with Gasteiger partial charge in [-0.25, -0.2) is 4.39 Å². The van der Waals surface area contributed by atoms with E-state index in [-0.39, 0.29) is 10.9 Å². The quantitative estimate of drug-likeness (QED) is 0.912. The molecule has 2 aliphatic rings. The lowest BCUT2D eigenvalue weighted by Crippen LogP contribution is -2.38. The maximum Gasteiger partial charge on any atom is 0.310 e. The van der Waals surface area contributed by atoms with E-state index in [0.717, 1.165) is 31.2 Å². The number of carbonyl (C=O) groups is 1. The predicted octanol–water partition coefficient (Wildman–Crippen LogP) is 3.91. The summed E-state index contributed by atoms with van der Waals surface area (Å²) >= 11 is 5.67. The van der Waals surface area contributed by atoms with Crippen LogP contribution in [0.3, 0.4) is 0 Å². The molecule has 0 aromatic heterocycles. The number of halogens is 2. The number of benzene rings is 1. The van der Waals surface area contributed by atoms with Gasteiger partial charge in [-0.05, 0) is 55.2 Å². The Morgan fingerprint density at radius 2 is 2.26 bits per heavy atom. The highest BCUT2D eigenvalue weighted by Crippen LogP contribution is 2.57. The zero-order chi connectivity index (χ0) is 13.6. The second kappa shape index (κ2) is 4.48. The molecule has 0 aliphatic heterocycles. The molecular weight excluding hydrogens is 267 g/mol. The topological polar surface area (TPSA) is 37.3 Å². The highest BCUT2D eigenvalue weighted by atomic mass is 35.5. The number of aliphatic carboxylic acids is 1. The van der Waals surface area contributed by atoms with Crippen molar-refractivity contribution in [3.8, 4) is 0 Å². The Balaban J connectivity index is 1.90. The highest BCUT2D eigenvalue weighted by molar-refractivity contribution is 6.30. The lowest BCUT2D eigenvalue weighted by Gasteiger charge is -2.33. The van der Waals surface area contributed by atoms with Crippen LogP contribution in [0.4, 0.5) is 4.39 Å². The standard InChI is InChI=1S/C15H16ClFO2/c16-12-4-2-10(6-13(12)17)8-15(14(18)19)7-9-1-3-11(15)5-9/h2,4,6,9,11H,1,3,5,7-8H2,(H,18,19). The minimum atomic E-state index is -0.727. The maximum absolute atomic E-state index is 13.5. The van der Waals surface area contributed by atoms with Gasteiger partial charge in [0.05, 0.1) is 10.4 Å². The van der Waals surface area contributed by atoms with Crippen molar-refractivity contribution in [3.05, 3.63) is 34.6 Å². The van der Waals surface area contributed by atoms with Gasteiger partial charge in [0.15, 0.2) is 0 Å². The summed E-state index contributed by atoms with van der Waals surface area (Å²) in [6.45, 7) is 0. The number of carboxylic acid groups (broad SMARTS) is 1. The van der Waals surface area contributed by atoms with Crippen LogP contribution in [-0.4, -0.2) is 11.1 Å². The lowest BCUT2D eigenvalue weighted by atomic mass is 9.69. The molecule has 2 fully saturated rings. The Labute approximate surface area is 116 Å². The van der Waals surface area contributed by atoms with Crippen LogP contribution < -0.4 is 0 Å². The van der Waals surface area contributed by atoms with Gasteiger partial charge in [0.25, 0.3) is 0 Å². The van der Waals surface area contributed by atoms with Crippen LogP contribution in [0.2, 0.25) is 5.02 Å². The molecule has 0 radical (unpaired) electrons. The molecule has 1 aromatic rings. The molecule has 2 nitrogen and oxygen atoms in total. The van der Waals surface area contributed by atoms with E-state index in [1.807, 2.05) is 0 Å². The van der Waals surface area contributed by atoms with Crippen LogP contribution in [0, 0.1) is 23.1 Å². The van der Waals surface area contributed by atoms with Crippen molar-refractivity contribution in [3.63, 3.8) is 0 Å². The van der Waals surface area contributed by atoms with Gasteiger partial charge in [-0.2, -0.15) is 0 Å². The molecule has 0 spiro atoms. The number of hydrogen-bond acceptors (Lipinski definition) is 1. The van der Waals surface area contributed by atoms with Crippen LogP contribution in [0.15, 0.2) is 18.2 Å². The van der Waals surface area contributed by atoms with E-state index >= 15 is 0 Å². The minimum absolute atomic E-state index is 0.0843. The van der Waals surface area contributed by atoms with Crippen LogP contribution >= 0.6 is 11.6 Å². The van der Waals surface area contributed by atoms with Crippen molar-refractivity contribution < 1.29 is 14.3 Å². The van der Waals surface area contributed by atoms with Gasteiger partial charge in [0, 0.05) is 0 Å². The fourth-order valence-electron chi connectivity index (χ4n) is 4.01. The summed E-state index contributed by atoms with van der Waals surface area (Å²) < 4.78 is 13.5. The smallest absolute Gasteiger partial charge is 0.310 e. The van der Waals surface area contributed by atoms with Crippen molar-refractivity contribution >= 4 is 17.6 Å². The van der Waals surface area contributed by atoms with Crippen molar-refractivity contribution in [2.24, 2.45) is 17.3 Å². The predicted molar refractivity (Wildman–Crippen MR) is 70.6 cm³/mol. The molecule has 3 rings (SSSR count). The van der Waals surface area contributed by atoms with Crippen molar-refractivity contribution in [2.45, 2.75) is 32.1 Å². The average Bonchev–Trinajstić information content (AvgIpc) is 2.94. The SMILES string of the molecule is O=C(O)C1(Cc2ccc(Cl)c(F)c2)CC2CCC1C2. The molecule has 0 saturated heterocycles. The molecule has 3 atom stereocenters. The highest BCUT2D eigenvalue weighted by Gasteiger charge is 2.55. The van der Waals surface area contributed by atoms with Crippen LogP contribution in [0.25, 0.3) is 0 Å². The molecule has 2 saturated carbocycles. The fraction of sp³-hybridized carbons (Fsp3) is 0.533. The van der Waals surface area contributed by atoms with Crippen molar-refractivity contribution in [1.29, 1.82) is 0 Å². The molecule has 3 unspecified atom stereocenters. The third-order valence-electron chi connectivity index (χ3n) is 4.91. The summed E-state index contributed by atoms with van der Waals surface area (Å²) in [7, 11) is 0. The molecule has 1 N–H and O–H groups in total. The zero-order valence-electron chi connectivity index (χ0n) is 10.5. The fourth-order valence-corrected chi connectivity index (χ4v) is 4.13. The van der Waals surface area contributed by atoms with E-state index in [9.17, 15) is 14.3 Å². The van der Waals surface area contributed by atoms with Gasteiger partial charge in [-0.1, -0.05) is 24.1 Å². The maximum atomic E-state index is 13.5. The lowest BCUT2D eigenvalue weighted by molar-refractivity contribution is -0.152. The molecule has 2 aliphatic carbocycles. The summed E-state index contributed by atoms with van der Waals surface area (Å²) in [6.07, 6.45) is 4.30. The first-order valence-corrected chi connectivity index (χ1v) is 7.06. The van der Waals surface area contributed by atoms with E-state index in [0.29, 0.717) is 12.3 Å². The van der Waals surface area contributed by atoms with Gasteiger partial charge in [0.1, 0.15) is 5.82 Å². The number of carboxylic acids is 1. The van der Waals surface area contributed by atoms with Gasteiger partial charge >= 0.3 is 5.97 Å². The third-order valence-corrected chi connectivity index (χ3v) is 5.21. The van der Waals surface area contributed by atoms with Gasteiger partial charge < -0.3 is 5.11 Å². The normalized spacial score (nSPS) is 32.7. The molecule has 2 bridgehead atoms. The van der Waals surface area contributed by atoms with E-state index in [4.69, 9.17) is 11.6 Å². The summed E-state index contributed by atoms with van der Waals surface area (Å²) in [5.41, 5.74) is 0.0419. The van der Waals surface area contributed by atoms with Crippen LogP contribution in [0.5, 0.6) is 0 Å². The van der Waals surface area contributed by atoms with Gasteiger partial charge in [-0.15, -0.1) is 0 Å². The van der Waals surface area contributed by atoms with E-state index < -0.39 is 17.2 Å². The number of rotatable bonds is 3. The largest absolute Gasteiger partial charge is 0.481 e. The first-order valence-electron chi connectivity index (χ1n) is 6.68. The minimum Gasteiger partial charge on any atom is -0.481 e. The molecule has 1 aromatic carbocycles. The van der Waals surface area contributed by atoms with E-state index in [1.54, 1.807) is 6.07 Å². The molecule has 102 valence electrons. The van der Waals surface area contributed by atoms with Gasteiger partial charge in [0.2, 0.25) is 0 Å². The molecule has 19 heavy (non-hydrogen) atoms. The summed E-state index contributed by atoms with van der Waals surface area (Å²) in [5.74, 6) is -0.412. The molecule has 0 heterocycles. The summed E-state index contributed by atoms with van der Waals surface area (Å²) in [4.78, 5) is 11.7. The molecule has 0 amide bonds. The Kier molecular flexibility index (Phi) is 3.05. The van der Waals surface area contributed by atoms with Crippen LogP contribution in [-0.2, 0) is 11.2 Å². The second-order valence-electron chi connectivity index (χ2n) is 5.97. The average molecular weight is 283 g/mol. The Morgan fingerprint density at radius 1 is 1.47 bits per heavy atom. The van der Waals surface area contributed by atoms with Gasteiger partial charge in [-0.3, -0.25) is 4.79 Å². The molecular formula is C15H16ClFO2. The van der Waals surface area contributed by atoms with Crippen LogP contribution in [0.1, 0.15) is 31.2 Å². The van der Waals surface area contributed by atoms with Crippen molar-refractivity contribution in [1.82, 2.24) is 0 Å². The Morgan fingerprint density at radius 3 is 2.79 bits per heavy atom.